The van der Waals surface area contributed by atoms with Crippen molar-refractivity contribution in [2.24, 2.45) is 0 Å². The van der Waals surface area contributed by atoms with Crippen LogP contribution in [0.4, 0.5) is 4.39 Å². The Kier molecular flexibility index (Phi) is 5.45. The third kappa shape index (κ3) is 4.11. The van der Waals surface area contributed by atoms with Crippen molar-refractivity contribution in [3.63, 3.8) is 0 Å². The maximum Gasteiger partial charge on any atom is 0.123 e. The molecule has 1 aromatic carbocycles. The Morgan fingerprint density at radius 2 is 1.56 bits per heavy atom. The highest BCUT2D eigenvalue weighted by atomic mass is 31.0. The van der Waals surface area contributed by atoms with Crippen LogP contribution < -0.4 is 0 Å². The molecule has 2 heteroatoms. The van der Waals surface area contributed by atoms with Crippen LogP contribution in [0.2, 0.25) is 0 Å². The van der Waals surface area contributed by atoms with Crippen LogP contribution in [0, 0.1) is 5.82 Å². The highest BCUT2D eigenvalue weighted by Crippen LogP contribution is 1.91. The van der Waals surface area contributed by atoms with Crippen molar-refractivity contribution in [3.05, 3.63) is 36.1 Å². The van der Waals surface area contributed by atoms with Gasteiger partial charge in [-0.1, -0.05) is 24.9 Å². The van der Waals surface area contributed by atoms with Crippen LogP contribution in [-0.4, -0.2) is 6.66 Å². The molecular weight excluding hydrogens is 134 g/mol. The van der Waals surface area contributed by atoms with Crippen LogP contribution in [0.15, 0.2) is 30.3 Å². The molecule has 0 saturated carbocycles. The van der Waals surface area contributed by atoms with Crippen molar-refractivity contribution in [3.8, 4) is 0 Å². The first-order chi connectivity index (χ1) is 4.39. The van der Waals surface area contributed by atoms with E-state index in [4.69, 9.17) is 0 Å². The molecule has 0 bridgehead atoms. The molecule has 0 spiro atoms. The molecule has 1 aromatic rings. The van der Waals surface area contributed by atoms with Gasteiger partial charge in [0.2, 0.25) is 0 Å². The molecular formula is C7H10FP. The summed E-state index contributed by atoms with van der Waals surface area (Å²) in [7, 11) is 2.42. The smallest absolute Gasteiger partial charge is 0.123 e. The SMILES string of the molecule is CP.Fc1ccccc1. The molecule has 1 rings (SSSR count). The number of benzene rings is 1. The predicted octanol–water partition coefficient (Wildman–Crippen LogP) is 2.32. The maximum atomic E-state index is 11.9. The second kappa shape index (κ2) is 5.71. The van der Waals surface area contributed by atoms with Gasteiger partial charge in [-0.05, 0) is 12.1 Å². The number of hydrogen-bond acceptors (Lipinski definition) is 0. The van der Waals surface area contributed by atoms with E-state index in [9.17, 15) is 4.39 Å². The topological polar surface area (TPSA) is 0 Å². The van der Waals surface area contributed by atoms with Crippen LogP contribution in [0.25, 0.3) is 0 Å². The van der Waals surface area contributed by atoms with Crippen molar-refractivity contribution in [1.82, 2.24) is 0 Å². The molecule has 0 nitrogen and oxygen atoms in total. The van der Waals surface area contributed by atoms with Gasteiger partial charge in [0.05, 0.1) is 0 Å². The molecule has 1 unspecified atom stereocenters. The highest BCUT2D eigenvalue weighted by Gasteiger charge is 1.77. The first-order valence-corrected chi connectivity index (χ1v) is 3.83. The molecule has 0 aromatic heterocycles. The lowest BCUT2D eigenvalue weighted by Gasteiger charge is -1.78. The first-order valence-electron chi connectivity index (χ1n) is 2.68. The van der Waals surface area contributed by atoms with E-state index in [0.717, 1.165) is 0 Å². The van der Waals surface area contributed by atoms with Gasteiger partial charge in [-0.2, -0.15) is 0 Å². The lowest BCUT2D eigenvalue weighted by Crippen LogP contribution is -1.63. The minimum atomic E-state index is -0.178. The molecule has 0 N–H and O–H groups in total. The standard InChI is InChI=1S/C6H5F.CH5P/c7-6-4-2-1-3-5-6;1-2/h1-5H;2H2,1H3. The molecule has 0 fully saturated rings. The number of halogens is 1. The van der Waals surface area contributed by atoms with Crippen molar-refractivity contribution < 1.29 is 4.39 Å². The zero-order valence-corrected chi connectivity index (χ0v) is 6.50. The van der Waals surface area contributed by atoms with E-state index in [0.29, 0.717) is 0 Å². The molecule has 0 aliphatic heterocycles. The Balaban J connectivity index is 0.000000291. The van der Waals surface area contributed by atoms with Crippen molar-refractivity contribution in [2.75, 3.05) is 6.66 Å². The lowest BCUT2D eigenvalue weighted by molar-refractivity contribution is 0.628. The molecule has 0 aliphatic rings. The third-order valence-corrected chi connectivity index (χ3v) is 0.733. The van der Waals surface area contributed by atoms with Crippen molar-refractivity contribution in [2.45, 2.75) is 0 Å². The highest BCUT2D eigenvalue weighted by molar-refractivity contribution is 7.15. The van der Waals surface area contributed by atoms with Crippen LogP contribution >= 0.6 is 9.24 Å². The zero-order chi connectivity index (χ0) is 7.11. The fourth-order valence-corrected chi connectivity index (χ4v) is 0.415. The summed E-state index contributed by atoms with van der Waals surface area (Å²) in [5.41, 5.74) is 0. The van der Waals surface area contributed by atoms with E-state index >= 15 is 0 Å². The number of rotatable bonds is 0. The zero-order valence-electron chi connectivity index (χ0n) is 5.34. The maximum absolute atomic E-state index is 11.9. The summed E-state index contributed by atoms with van der Waals surface area (Å²) in [5, 5.41) is 0. The normalized spacial score (nSPS) is 7.44. The Morgan fingerprint density at radius 3 is 1.78 bits per heavy atom. The second-order valence-electron chi connectivity index (χ2n) is 1.30. The molecule has 9 heavy (non-hydrogen) atoms. The molecule has 0 saturated heterocycles. The Bertz CT molecular complexity index is 139. The molecule has 0 heterocycles. The van der Waals surface area contributed by atoms with Gasteiger partial charge in [0, 0.05) is 0 Å². The fraction of sp³-hybridized carbons (Fsp3) is 0.143. The molecule has 0 radical (unpaired) electrons. The summed E-state index contributed by atoms with van der Waals surface area (Å²) < 4.78 is 11.9. The summed E-state index contributed by atoms with van der Waals surface area (Å²) in [6.07, 6.45) is 0. The van der Waals surface area contributed by atoms with Crippen LogP contribution in [0.3, 0.4) is 0 Å². The monoisotopic (exact) mass is 144 g/mol. The van der Waals surface area contributed by atoms with E-state index < -0.39 is 0 Å². The van der Waals surface area contributed by atoms with Crippen molar-refractivity contribution >= 4 is 9.24 Å². The van der Waals surface area contributed by atoms with E-state index in [1.807, 2.05) is 6.66 Å². The van der Waals surface area contributed by atoms with E-state index in [1.165, 1.54) is 12.1 Å². The summed E-state index contributed by atoms with van der Waals surface area (Å²) in [6.45, 7) is 1.92. The van der Waals surface area contributed by atoms with Gasteiger partial charge in [-0.15, -0.1) is 9.24 Å². The van der Waals surface area contributed by atoms with Gasteiger partial charge in [0.1, 0.15) is 5.82 Å². The molecule has 1 atom stereocenters. The Labute approximate surface area is 57.3 Å². The lowest BCUT2D eigenvalue weighted by atomic mass is 10.4. The van der Waals surface area contributed by atoms with E-state index in [2.05, 4.69) is 9.24 Å². The largest absolute Gasteiger partial charge is 0.207 e. The first kappa shape index (κ1) is 8.58. The van der Waals surface area contributed by atoms with Gasteiger partial charge in [-0.25, -0.2) is 4.39 Å². The van der Waals surface area contributed by atoms with E-state index in [1.54, 1.807) is 18.2 Å². The summed E-state index contributed by atoms with van der Waals surface area (Å²) >= 11 is 0. The summed E-state index contributed by atoms with van der Waals surface area (Å²) in [6, 6.07) is 7.94. The molecule has 0 amide bonds. The Hall–Kier alpha value is -0.420. The van der Waals surface area contributed by atoms with Gasteiger partial charge in [0.15, 0.2) is 0 Å². The number of hydrogen-bond donors (Lipinski definition) is 0. The average Bonchev–Trinajstić information content (AvgIpc) is 1.94. The van der Waals surface area contributed by atoms with Crippen LogP contribution in [0.1, 0.15) is 0 Å². The summed E-state index contributed by atoms with van der Waals surface area (Å²) in [4.78, 5) is 0. The fourth-order valence-electron chi connectivity index (χ4n) is 0.415. The quantitative estimate of drug-likeness (QED) is 0.490. The minimum absolute atomic E-state index is 0.178. The van der Waals surface area contributed by atoms with Crippen LogP contribution in [-0.2, 0) is 0 Å². The average molecular weight is 144 g/mol. The molecule has 50 valence electrons. The van der Waals surface area contributed by atoms with E-state index in [-0.39, 0.29) is 5.82 Å². The van der Waals surface area contributed by atoms with Crippen LogP contribution in [0.5, 0.6) is 0 Å². The second-order valence-corrected chi connectivity index (χ2v) is 1.30. The van der Waals surface area contributed by atoms with Crippen molar-refractivity contribution in [1.29, 1.82) is 0 Å². The Morgan fingerprint density at radius 1 is 1.11 bits per heavy atom. The van der Waals surface area contributed by atoms with Gasteiger partial charge < -0.3 is 0 Å². The summed E-state index contributed by atoms with van der Waals surface area (Å²) in [5.74, 6) is -0.178. The van der Waals surface area contributed by atoms with Gasteiger partial charge >= 0.3 is 0 Å². The predicted molar refractivity (Wildman–Crippen MR) is 42.0 cm³/mol. The van der Waals surface area contributed by atoms with Gasteiger partial charge in [-0.3, -0.25) is 0 Å². The van der Waals surface area contributed by atoms with Gasteiger partial charge in [0.25, 0.3) is 0 Å². The third-order valence-electron chi connectivity index (χ3n) is 0.733. The minimum Gasteiger partial charge on any atom is -0.207 e. The molecule has 0 aliphatic carbocycles.